The van der Waals surface area contributed by atoms with Crippen LogP contribution in [0.3, 0.4) is 0 Å². The monoisotopic (exact) mass is 420 g/mol. The lowest BCUT2D eigenvalue weighted by molar-refractivity contribution is -0.00913. The summed E-state index contributed by atoms with van der Waals surface area (Å²) in [5, 5.41) is 0. The molecule has 0 bridgehead atoms. The Morgan fingerprint density at radius 1 is 0.867 bits per heavy atom. The summed E-state index contributed by atoms with van der Waals surface area (Å²) in [6.07, 6.45) is 3.45. The molecule has 0 spiro atoms. The molecule has 1 aliphatic heterocycles. The normalized spacial score (nSPS) is 17.9. The fourth-order valence-corrected chi connectivity index (χ4v) is 4.76. The first-order valence-electron chi connectivity index (χ1n) is 10.5. The van der Waals surface area contributed by atoms with Gasteiger partial charge in [0.15, 0.2) is 0 Å². The van der Waals surface area contributed by atoms with Gasteiger partial charge in [0.25, 0.3) is 0 Å². The van der Waals surface area contributed by atoms with E-state index in [9.17, 15) is 4.39 Å². The molecule has 1 saturated heterocycles. The van der Waals surface area contributed by atoms with Crippen LogP contribution in [0.25, 0.3) is 0 Å². The van der Waals surface area contributed by atoms with Crippen molar-refractivity contribution in [2.24, 2.45) is 0 Å². The van der Waals surface area contributed by atoms with Crippen LogP contribution < -0.4 is 0 Å². The third-order valence-corrected chi connectivity index (χ3v) is 6.51. The second kappa shape index (κ2) is 9.78. The second-order valence-electron chi connectivity index (χ2n) is 8.06. The molecule has 0 aliphatic carbocycles. The first-order valence-corrected chi connectivity index (χ1v) is 11.8. The van der Waals surface area contributed by atoms with Gasteiger partial charge in [0, 0.05) is 31.1 Å². The van der Waals surface area contributed by atoms with Crippen molar-refractivity contribution in [3.8, 4) is 0 Å². The second-order valence-corrected chi connectivity index (χ2v) is 8.94. The van der Waals surface area contributed by atoms with Gasteiger partial charge in [-0.2, -0.15) is 0 Å². The van der Waals surface area contributed by atoms with Crippen LogP contribution in [0, 0.1) is 12.7 Å². The zero-order valence-corrected chi connectivity index (χ0v) is 18.5. The summed E-state index contributed by atoms with van der Waals surface area (Å²) < 4.78 is 13.4. The Labute approximate surface area is 183 Å². The maximum absolute atomic E-state index is 13.4. The van der Waals surface area contributed by atoms with Crippen molar-refractivity contribution in [3.63, 3.8) is 0 Å². The van der Waals surface area contributed by atoms with E-state index in [0.29, 0.717) is 0 Å². The van der Waals surface area contributed by atoms with Gasteiger partial charge in [-0.1, -0.05) is 54.1 Å². The molecular weight excluding hydrogens is 391 g/mol. The van der Waals surface area contributed by atoms with Crippen LogP contribution in [0.2, 0.25) is 0 Å². The summed E-state index contributed by atoms with van der Waals surface area (Å²) in [5.41, 5.74) is 5.12. The lowest BCUT2D eigenvalue weighted by atomic mass is 10.0. The summed E-state index contributed by atoms with van der Waals surface area (Å²) in [4.78, 5) is 6.39. The minimum absolute atomic E-state index is 0.178. The van der Waals surface area contributed by atoms with Crippen molar-refractivity contribution in [2.75, 3.05) is 19.3 Å². The highest BCUT2D eigenvalue weighted by Gasteiger charge is 2.30. The minimum Gasteiger partial charge on any atom is -0.280 e. The molecule has 0 saturated carbocycles. The SMILES string of the molecule is CSc1ccc([C@H]2N(Cc3ccc(F)cc3)CCCN2Cc2cccc(C)c2)cc1. The van der Waals surface area contributed by atoms with Gasteiger partial charge in [-0.3, -0.25) is 9.80 Å². The van der Waals surface area contributed by atoms with E-state index in [-0.39, 0.29) is 12.0 Å². The maximum Gasteiger partial charge on any atom is 0.123 e. The molecule has 2 nitrogen and oxygen atoms in total. The first-order chi connectivity index (χ1) is 14.6. The topological polar surface area (TPSA) is 6.48 Å². The molecular formula is C26H29FN2S. The van der Waals surface area contributed by atoms with E-state index in [2.05, 4.69) is 71.5 Å². The van der Waals surface area contributed by atoms with E-state index < -0.39 is 0 Å². The van der Waals surface area contributed by atoms with E-state index in [1.165, 1.54) is 21.6 Å². The van der Waals surface area contributed by atoms with Crippen LogP contribution in [0.4, 0.5) is 4.39 Å². The van der Waals surface area contributed by atoms with E-state index in [1.807, 2.05) is 12.1 Å². The molecule has 1 heterocycles. The number of rotatable bonds is 6. The molecule has 0 unspecified atom stereocenters. The van der Waals surface area contributed by atoms with Gasteiger partial charge in [0.05, 0.1) is 6.17 Å². The van der Waals surface area contributed by atoms with E-state index in [1.54, 1.807) is 23.9 Å². The first kappa shape index (κ1) is 21.1. The maximum atomic E-state index is 13.4. The summed E-state index contributed by atoms with van der Waals surface area (Å²) in [5.74, 6) is -0.178. The molecule has 0 radical (unpaired) electrons. The highest BCUT2D eigenvalue weighted by Crippen LogP contribution is 2.33. The molecule has 0 N–H and O–H groups in total. The standard InChI is InChI=1S/C26H29FN2S/c1-20-5-3-6-22(17-20)19-29-16-4-15-28(18-21-7-11-24(27)12-8-21)26(29)23-9-13-25(30-2)14-10-23/h3,5-14,17,26H,4,15-16,18-19H2,1-2H3/t26-/m0/s1. The van der Waals surface area contributed by atoms with Gasteiger partial charge < -0.3 is 0 Å². The predicted octanol–water partition coefficient (Wildman–Crippen LogP) is 6.26. The summed E-state index contributed by atoms with van der Waals surface area (Å²) in [7, 11) is 0. The fraction of sp³-hybridized carbons (Fsp3) is 0.308. The zero-order valence-electron chi connectivity index (χ0n) is 17.7. The van der Waals surface area contributed by atoms with Gasteiger partial charge in [-0.15, -0.1) is 11.8 Å². The summed E-state index contributed by atoms with van der Waals surface area (Å²) in [6.45, 7) is 6.01. The van der Waals surface area contributed by atoms with Crippen molar-refractivity contribution >= 4 is 11.8 Å². The molecule has 30 heavy (non-hydrogen) atoms. The quantitative estimate of drug-likeness (QED) is 0.434. The molecule has 156 valence electrons. The van der Waals surface area contributed by atoms with Crippen molar-refractivity contribution < 1.29 is 4.39 Å². The highest BCUT2D eigenvalue weighted by atomic mass is 32.2. The number of aryl methyl sites for hydroxylation is 1. The smallest absolute Gasteiger partial charge is 0.123 e. The Hall–Kier alpha value is -2.14. The van der Waals surface area contributed by atoms with Gasteiger partial charge in [-0.05, 0) is 60.6 Å². The van der Waals surface area contributed by atoms with Crippen molar-refractivity contribution in [1.29, 1.82) is 0 Å². The number of nitrogens with zero attached hydrogens (tertiary/aromatic N) is 2. The largest absolute Gasteiger partial charge is 0.280 e. The predicted molar refractivity (Wildman–Crippen MR) is 124 cm³/mol. The van der Waals surface area contributed by atoms with E-state index in [4.69, 9.17) is 0 Å². The highest BCUT2D eigenvalue weighted by molar-refractivity contribution is 7.98. The minimum atomic E-state index is -0.178. The van der Waals surface area contributed by atoms with Crippen LogP contribution >= 0.6 is 11.8 Å². The molecule has 3 aromatic carbocycles. The van der Waals surface area contributed by atoms with Crippen molar-refractivity contribution in [2.45, 2.75) is 37.5 Å². The van der Waals surface area contributed by atoms with Crippen LogP contribution in [0.15, 0.2) is 77.7 Å². The third kappa shape index (κ3) is 5.12. The number of hydrogen-bond donors (Lipinski definition) is 0. The number of halogens is 1. The van der Waals surface area contributed by atoms with E-state index >= 15 is 0 Å². The van der Waals surface area contributed by atoms with Gasteiger partial charge in [0.2, 0.25) is 0 Å². The van der Waals surface area contributed by atoms with Gasteiger partial charge >= 0.3 is 0 Å². The molecule has 3 aromatic rings. The van der Waals surface area contributed by atoms with Crippen LogP contribution in [0.1, 0.15) is 34.8 Å². The van der Waals surface area contributed by atoms with Crippen LogP contribution in [-0.4, -0.2) is 29.1 Å². The molecule has 1 aliphatic rings. The Morgan fingerprint density at radius 3 is 2.17 bits per heavy atom. The number of thioether (sulfide) groups is 1. The van der Waals surface area contributed by atoms with E-state index in [0.717, 1.165) is 38.2 Å². The average molecular weight is 421 g/mol. The Kier molecular flexibility index (Phi) is 6.88. The summed E-state index contributed by atoms with van der Waals surface area (Å²) in [6, 6.07) is 24.7. The molecule has 4 rings (SSSR count). The van der Waals surface area contributed by atoms with Crippen LogP contribution in [0.5, 0.6) is 0 Å². The van der Waals surface area contributed by atoms with Gasteiger partial charge in [-0.25, -0.2) is 4.39 Å². The lowest BCUT2D eigenvalue weighted by Gasteiger charge is -2.44. The fourth-order valence-electron chi connectivity index (χ4n) is 4.35. The van der Waals surface area contributed by atoms with Gasteiger partial charge in [0.1, 0.15) is 5.82 Å². The zero-order chi connectivity index (χ0) is 20.9. The lowest BCUT2D eigenvalue weighted by Crippen LogP contribution is -2.46. The molecule has 4 heteroatoms. The Bertz CT molecular complexity index is 956. The molecule has 0 amide bonds. The Balaban J connectivity index is 1.63. The average Bonchev–Trinajstić information content (AvgIpc) is 2.76. The number of benzene rings is 3. The third-order valence-electron chi connectivity index (χ3n) is 5.76. The number of hydrogen-bond acceptors (Lipinski definition) is 3. The van der Waals surface area contributed by atoms with Crippen molar-refractivity contribution in [3.05, 3.63) is 101 Å². The van der Waals surface area contributed by atoms with Crippen LogP contribution in [-0.2, 0) is 13.1 Å². The molecule has 0 aromatic heterocycles. The summed E-state index contributed by atoms with van der Waals surface area (Å²) >= 11 is 1.77. The molecule has 1 fully saturated rings. The molecule has 1 atom stereocenters. The Morgan fingerprint density at radius 2 is 1.53 bits per heavy atom. The van der Waals surface area contributed by atoms with Crippen molar-refractivity contribution in [1.82, 2.24) is 9.80 Å².